The highest BCUT2D eigenvalue weighted by atomic mass is 15.3. The van der Waals surface area contributed by atoms with Crippen molar-refractivity contribution in [3.8, 4) is 34.0 Å². The Bertz CT molecular complexity index is 3440. The quantitative estimate of drug-likeness (QED) is 0.185. The summed E-state index contributed by atoms with van der Waals surface area (Å²) in [7, 11) is 0. The zero-order valence-electron chi connectivity index (χ0n) is 28.9. The average molecular weight is 692 g/mol. The number of para-hydroxylation sites is 6. The van der Waals surface area contributed by atoms with E-state index in [-0.39, 0.29) is 0 Å². The van der Waals surface area contributed by atoms with E-state index >= 15 is 0 Å². The van der Waals surface area contributed by atoms with E-state index in [0.717, 1.165) is 72.4 Å². The van der Waals surface area contributed by atoms with Gasteiger partial charge in [0.2, 0.25) is 11.7 Å². The molecule has 0 bridgehead atoms. The first-order valence-electron chi connectivity index (χ1n) is 18.1. The van der Waals surface area contributed by atoms with Crippen LogP contribution in [0, 0.1) is 0 Å². The van der Waals surface area contributed by atoms with Crippen molar-refractivity contribution in [3.05, 3.63) is 176 Å². The predicted molar refractivity (Wildman–Crippen MR) is 219 cm³/mol. The molecule has 0 spiro atoms. The van der Waals surface area contributed by atoms with Crippen molar-refractivity contribution in [2.24, 2.45) is 0 Å². The van der Waals surface area contributed by atoms with Crippen LogP contribution >= 0.6 is 0 Å². The van der Waals surface area contributed by atoms with Crippen LogP contribution in [0.1, 0.15) is 0 Å². The van der Waals surface area contributed by atoms with Gasteiger partial charge in [0.25, 0.3) is 0 Å². The van der Waals surface area contributed by atoms with Gasteiger partial charge in [-0.2, -0.15) is 0 Å². The Labute approximate surface area is 308 Å². The van der Waals surface area contributed by atoms with E-state index in [1.807, 2.05) is 18.2 Å². The molecule has 5 aromatic heterocycles. The lowest BCUT2D eigenvalue weighted by molar-refractivity contribution is 0.986. The maximum Gasteiger partial charge on any atom is 0.238 e. The largest absolute Gasteiger partial charge is 0.294 e. The molecule has 252 valence electrons. The van der Waals surface area contributed by atoms with E-state index in [2.05, 4.69) is 176 Å². The number of fused-ring (bicyclic) bond motifs is 11. The van der Waals surface area contributed by atoms with Gasteiger partial charge >= 0.3 is 0 Å². The molecule has 0 atom stereocenters. The summed E-state index contributed by atoms with van der Waals surface area (Å²) >= 11 is 0. The van der Waals surface area contributed by atoms with Gasteiger partial charge in [-0.25, -0.2) is 19.5 Å². The number of aromatic nitrogens is 7. The van der Waals surface area contributed by atoms with Gasteiger partial charge in [-0.05, 0) is 71.8 Å². The van der Waals surface area contributed by atoms with E-state index < -0.39 is 0 Å². The summed E-state index contributed by atoms with van der Waals surface area (Å²) in [4.78, 5) is 15.8. The minimum atomic E-state index is 0.575. The summed E-state index contributed by atoms with van der Waals surface area (Å²) in [5.74, 6) is 1.34. The zero-order valence-corrected chi connectivity index (χ0v) is 28.9. The third-order valence-corrected chi connectivity index (χ3v) is 10.8. The second-order valence-electron chi connectivity index (χ2n) is 13.8. The minimum absolute atomic E-state index is 0.575. The van der Waals surface area contributed by atoms with E-state index in [1.165, 1.54) is 22.0 Å². The van der Waals surface area contributed by atoms with Crippen LogP contribution in [0.5, 0.6) is 0 Å². The highest BCUT2D eigenvalue weighted by molar-refractivity contribution is 5.98. The molecule has 54 heavy (non-hydrogen) atoms. The highest BCUT2D eigenvalue weighted by Crippen LogP contribution is 2.36. The molecule has 0 unspecified atom stereocenters. The first-order chi connectivity index (χ1) is 26.8. The van der Waals surface area contributed by atoms with Crippen molar-refractivity contribution in [1.82, 2.24) is 32.9 Å². The van der Waals surface area contributed by atoms with Gasteiger partial charge in [0, 0.05) is 22.0 Å². The fourth-order valence-electron chi connectivity index (χ4n) is 8.36. The van der Waals surface area contributed by atoms with E-state index in [1.54, 1.807) is 0 Å². The lowest BCUT2D eigenvalue weighted by Gasteiger charge is -2.11. The molecule has 0 saturated carbocycles. The topological polar surface area (TPSA) is 57.4 Å². The highest BCUT2D eigenvalue weighted by Gasteiger charge is 2.22. The smallest absolute Gasteiger partial charge is 0.238 e. The lowest BCUT2D eigenvalue weighted by Crippen LogP contribution is -2.04. The average Bonchev–Trinajstić information content (AvgIpc) is 3.97. The summed E-state index contributed by atoms with van der Waals surface area (Å²) in [5.41, 5.74) is 14.7. The van der Waals surface area contributed by atoms with Crippen LogP contribution in [0.15, 0.2) is 176 Å². The maximum atomic E-state index is 5.35. The van der Waals surface area contributed by atoms with Crippen LogP contribution in [0.25, 0.3) is 100 Å². The molecule has 0 N–H and O–H groups in total. The third-order valence-electron chi connectivity index (χ3n) is 10.8. The van der Waals surface area contributed by atoms with Crippen molar-refractivity contribution in [2.45, 2.75) is 0 Å². The Morgan fingerprint density at radius 3 is 1.87 bits per heavy atom. The molecule has 12 aromatic rings. The van der Waals surface area contributed by atoms with Crippen molar-refractivity contribution in [3.63, 3.8) is 0 Å². The van der Waals surface area contributed by atoms with E-state index in [0.29, 0.717) is 5.95 Å². The minimum Gasteiger partial charge on any atom is -0.294 e. The number of nitrogens with zero attached hydrogens (tertiary/aromatic N) is 7. The molecule has 12 rings (SSSR count). The summed E-state index contributed by atoms with van der Waals surface area (Å²) in [6.07, 6.45) is 0. The first-order valence-corrected chi connectivity index (χ1v) is 18.1. The number of hydrogen-bond acceptors (Lipinski definition) is 3. The molecule has 7 nitrogen and oxygen atoms in total. The molecule has 0 aliphatic heterocycles. The van der Waals surface area contributed by atoms with E-state index in [9.17, 15) is 0 Å². The molecule has 0 radical (unpaired) electrons. The zero-order chi connectivity index (χ0) is 35.3. The van der Waals surface area contributed by atoms with Gasteiger partial charge in [-0.1, -0.05) is 115 Å². The molecular weight excluding hydrogens is 663 g/mol. The molecule has 0 saturated heterocycles. The van der Waals surface area contributed by atoms with Crippen LogP contribution in [-0.4, -0.2) is 32.9 Å². The van der Waals surface area contributed by atoms with Gasteiger partial charge < -0.3 is 0 Å². The van der Waals surface area contributed by atoms with Gasteiger partial charge in [-0.3, -0.25) is 13.4 Å². The summed E-state index contributed by atoms with van der Waals surface area (Å²) in [5, 5.41) is 2.21. The van der Waals surface area contributed by atoms with Crippen LogP contribution < -0.4 is 0 Å². The van der Waals surface area contributed by atoms with Crippen molar-refractivity contribution in [1.29, 1.82) is 0 Å². The van der Waals surface area contributed by atoms with Crippen LogP contribution in [0.4, 0.5) is 0 Å². The first kappa shape index (κ1) is 29.1. The van der Waals surface area contributed by atoms with Crippen molar-refractivity contribution >= 4 is 66.3 Å². The standard InChI is InChI=1S/C47H29N7/c1-2-12-30(13-3-1)31-22-24-32(25-23-31)45-35-15-5-6-16-36(35)48-46(50-45)54-42-27-26-34(29-43(42)53-39-19-9-7-17-37(39)49-47(53)54)51-40-20-10-11-21-41(40)52-38-18-8-4-14-33(38)28-44(51)52/h1-29H. The Morgan fingerprint density at radius 1 is 0.370 bits per heavy atom. The molecule has 5 heterocycles. The number of imidazole rings is 3. The monoisotopic (exact) mass is 691 g/mol. The Hall–Kier alpha value is -7.51. The second kappa shape index (κ2) is 11.0. The number of rotatable bonds is 4. The molecule has 0 aliphatic rings. The van der Waals surface area contributed by atoms with Crippen molar-refractivity contribution in [2.75, 3.05) is 0 Å². The second-order valence-corrected chi connectivity index (χ2v) is 13.8. The molecule has 0 amide bonds. The van der Waals surface area contributed by atoms with Gasteiger partial charge in [0.1, 0.15) is 5.65 Å². The van der Waals surface area contributed by atoms with Crippen LogP contribution in [-0.2, 0) is 0 Å². The Morgan fingerprint density at radius 2 is 1.02 bits per heavy atom. The maximum absolute atomic E-state index is 5.35. The third kappa shape index (κ3) is 4.09. The fraction of sp³-hybridized carbons (Fsp3) is 0. The van der Waals surface area contributed by atoms with E-state index in [4.69, 9.17) is 15.0 Å². The molecule has 7 aromatic carbocycles. The summed E-state index contributed by atoms with van der Waals surface area (Å²) in [6.45, 7) is 0. The molecular formula is C47H29N7. The Balaban J connectivity index is 1.12. The van der Waals surface area contributed by atoms with Gasteiger partial charge in [-0.15, -0.1) is 0 Å². The lowest BCUT2D eigenvalue weighted by atomic mass is 10.0. The van der Waals surface area contributed by atoms with Gasteiger partial charge in [0.05, 0.1) is 49.8 Å². The van der Waals surface area contributed by atoms with Crippen molar-refractivity contribution < 1.29 is 0 Å². The van der Waals surface area contributed by atoms with Crippen LogP contribution in [0.3, 0.4) is 0 Å². The predicted octanol–water partition coefficient (Wildman–Crippen LogP) is 11.1. The SMILES string of the molecule is c1ccc(-c2ccc(-c3nc(-n4c5ccc(-n6c7ccccc7n7c8ccccc8cc67)cc5n5c6ccccc6nc45)nc4ccccc34)cc2)cc1. The molecule has 0 fully saturated rings. The van der Waals surface area contributed by atoms with Gasteiger partial charge in [0.15, 0.2) is 0 Å². The normalized spacial score (nSPS) is 12.1. The molecule has 7 heteroatoms. The fourth-order valence-corrected chi connectivity index (χ4v) is 8.36. The van der Waals surface area contributed by atoms with Crippen LogP contribution in [0.2, 0.25) is 0 Å². The summed E-state index contributed by atoms with van der Waals surface area (Å²) in [6, 6.07) is 61.8. The summed E-state index contributed by atoms with van der Waals surface area (Å²) < 4.78 is 9.08. The molecule has 0 aliphatic carbocycles. The number of hydrogen-bond donors (Lipinski definition) is 0. The Kier molecular flexibility index (Phi) is 5.93. The number of benzene rings is 7.